The van der Waals surface area contributed by atoms with E-state index in [1.165, 1.54) is 31.0 Å². The number of carbonyl (C=O) groups excluding carboxylic acids is 1. The molecule has 98 valence electrons. The summed E-state index contributed by atoms with van der Waals surface area (Å²) in [5.74, 6) is 1.07. The zero-order valence-electron chi connectivity index (χ0n) is 10.6. The van der Waals surface area contributed by atoms with Crippen molar-refractivity contribution in [3.8, 4) is 0 Å². The van der Waals surface area contributed by atoms with E-state index in [-0.39, 0.29) is 0 Å². The first-order chi connectivity index (χ1) is 9.38. The highest BCUT2D eigenvalue weighted by Crippen LogP contribution is 2.30. The Morgan fingerprint density at radius 2 is 2.05 bits per heavy atom. The lowest BCUT2D eigenvalue weighted by Crippen LogP contribution is -2.02. The zero-order chi connectivity index (χ0) is 13.1. The van der Waals surface area contributed by atoms with E-state index in [1.807, 2.05) is 24.3 Å². The fourth-order valence-electron chi connectivity index (χ4n) is 2.30. The number of benzene rings is 1. The van der Waals surface area contributed by atoms with Crippen molar-refractivity contribution in [2.24, 2.45) is 0 Å². The number of nitrogens with zero attached hydrogens (tertiary/aromatic N) is 3. The van der Waals surface area contributed by atoms with Crippen LogP contribution in [0.4, 0.5) is 0 Å². The van der Waals surface area contributed by atoms with Crippen LogP contribution in [0.2, 0.25) is 0 Å². The monoisotopic (exact) mass is 273 g/mol. The van der Waals surface area contributed by atoms with Crippen molar-refractivity contribution in [3.63, 3.8) is 0 Å². The van der Waals surface area contributed by atoms with Crippen LogP contribution in [0.5, 0.6) is 0 Å². The third-order valence-corrected chi connectivity index (χ3v) is 4.40. The Bertz CT molecular complexity index is 594. The van der Waals surface area contributed by atoms with E-state index in [0.717, 1.165) is 35.1 Å². The highest BCUT2D eigenvalue weighted by Gasteiger charge is 2.16. The third-order valence-electron chi connectivity index (χ3n) is 3.32. The van der Waals surface area contributed by atoms with Gasteiger partial charge in [-0.05, 0) is 30.7 Å². The van der Waals surface area contributed by atoms with E-state index in [4.69, 9.17) is 0 Å². The van der Waals surface area contributed by atoms with E-state index >= 15 is 0 Å². The molecule has 2 aromatic rings. The molecule has 0 amide bonds. The van der Waals surface area contributed by atoms with E-state index in [1.54, 1.807) is 0 Å². The molecular formula is C14H15N3OS. The third kappa shape index (κ3) is 2.56. The quantitative estimate of drug-likeness (QED) is 0.807. The van der Waals surface area contributed by atoms with Crippen LogP contribution in [0.15, 0.2) is 34.3 Å². The van der Waals surface area contributed by atoms with E-state index in [9.17, 15) is 4.79 Å². The van der Waals surface area contributed by atoms with Crippen LogP contribution >= 0.6 is 11.8 Å². The maximum absolute atomic E-state index is 11.0. The van der Waals surface area contributed by atoms with Gasteiger partial charge in [-0.1, -0.05) is 24.6 Å². The fourth-order valence-corrected chi connectivity index (χ4v) is 3.27. The van der Waals surface area contributed by atoms with Crippen molar-refractivity contribution >= 4 is 18.0 Å². The molecule has 0 saturated heterocycles. The highest BCUT2D eigenvalue weighted by atomic mass is 32.2. The molecule has 0 atom stereocenters. The lowest BCUT2D eigenvalue weighted by Gasteiger charge is -2.07. The lowest BCUT2D eigenvalue weighted by molar-refractivity contribution is 0.112. The van der Waals surface area contributed by atoms with Gasteiger partial charge in [-0.2, -0.15) is 0 Å². The number of carbonyl (C=O) groups is 1. The first-order valence-electron chi connectivity index (χ1n) is 6.52. The van der Waals surface area contributed by atoms with Crippen LogP contribution in [0.1, 0.15) is 35.4 Å². The number of rotatable bonds is 3. The molecule has 3 rings (SSSR count). The molecule has 0 unspecified atom stereocenters. The number of hydrogen-bond acceptors (Lipinski definition) is 4. The van der Waals surface area contributed by atoms with Gasteiger partial charge in [0, 0.05) is 23.4 Å². The standard InChI is InChI=1S/C14H15N3OS/c18-10-11-6-3-4-7-12(11)19-14-16-15-13-8-2-1-5-9-17(13)14/h3-4,6-7,10H,1-2,5,8-9H2. The number of aromatic nitrogens is 3. The summed E-state index contributed by atoms with van der Waals surface area (Å²) in [4.78, 5) is 12.0. The first-order valence-corrected chi connectivity index (χ1v) is 7.34. The predicted octanol–water partition coefficient (Wildman–Crippen LogP) is 2.97. The second-order valence-corrected chi connectivity index (χ2v) is 5.63. The minimum atomic E-state index is 0.707. The number of aldehydes is 1. The van der Waals surface area contributed by atoms with Gasteiger partial charge in [0.05, 0.1) is 0 Å². The van der Waals surface area contributed by atoms with E-state index in [2.05, 4.69) is 14.8 Å². The van der Waals surface area contributed by atoms with Crippen molar-refractivity contribution in [2.45, 2.75) is 42.3 Å². The van der Waals surface area contributed by atoms with Crippen LogP contribution in [0.3, 0.4) is 0 Å². The Kier molecular flexibility index (Phi) is 3.64. The normalized spacial score (nSPS) is 14.7. The number of aryl methyl sites for hydroxylation is 1. The van der Waals surface area contributed by atoms with Crippen LogP contribution in [-0.4, -0.2) is 21.1 Å². The molecular weight excluding hydrogens is 258 g/mol. The van der Waals surface area contributed by atoms with Crippen molar-refractivity contribution in [1.82, 2.24) is 14.8 Å². The molecule has 5 heteroatoms. The Morgan fingerprint density at radius 1 is 1.16 bits per heavy atom. The molecule has 0 N–H and O–H groups in total. The van der Waals surface area contributed by atoms with Crippen molar-refractivity contribution < 1.29 is 4.79 Å². The summed E-state index contributed by atoms with van der Waals surface area (Å²) in [5.41, 5.74) is 0.707. The molecule has 0 spiro atoms. The summed E-state index contributed by atoms with van der Waals surface area (Å²) in [6.07, 6.45) is 5.50. The first kappa shape index (κ1) is 12.4. The minimum absolute atomic E-state index is 0.707. The van der Waals surface area contributed by atoms with Gasteiger partial charge in [0.2, 0.25) is 0 Å². The number of hydrogen-bond donors (Lipinski definition) is 0. The number of fused-ring (bicyclic) bond motifs is 1. The minimum Gasteiger partial charge on any atom is -0.306 e. The molecule has 1 aromatic heterocycles. The molecule has 0 radical (unpaired) electrons. The van der Waals surface area contributed by atoms with Crippen LogP contribution < -0.4 is 0 Å². The zero-order valence-corrected chi connectivity index (χ0v) is 11.4. The molecule has 0 fully saturated rings. The van der Waals surface area contributed by atoms with Gasteiger partial charge < -0.3 is 4.57 Å². The van der Waals surface area contributed by atoms with Gasteiger partial charge in [0.1, 0.15) is 5.82 Å². The molecule has 1 aliphatic heterocycles. The van der Waals surface area contributed by atoms with Crippen molar-refractivity contribution in [3.05, 3.63) is 35.7 Å². The van der Waals surface area contributed by atoms with Crippen molar-refractivity contribution in [1.29, 1.82) is 0 Å². The van der Waals surface area contributed by atoms with Gasteiger partial charge >= 0.3 is 0 Å². The summed E-state index contributed by atoms with van der Waals surface area (Å²) in [6, 6.07) is 7.59. The summed E-state index contributed by atoms with van der Waals surface area (Å²) in [6.45, 7) is 0.980. The predicted molar refractivity (Wildman–Crippen MR) is 73.5 cm³/mol. The smallest absolute Gasteiger partial charge is 0.196 e. The van der Waals surface area contributed by atoms with E-state index in [0.29, 0.717) is 5.56 Å². The second-order valence-electron chi connectivity index (χ2n) is 4.62. The molecule has 1 aliphatic rings. The average Bonchev–Trinajstić information content (AvgIpc) is 2.68. The van der Waals surface area contributed by atoms with Crippen molar-refractivity contribution in [2.75, 3.05) is 0 Å². The summed E-state index contributed by atoms with van der Waals surface area (Å²) in [7, 11) is 0. The molecule has 0 bridgehead atoms. The van der Waals surface area contributed by atoms with Gasteiger partial charge in [0.25, 0.3) is 0 Å². The highest BCUT2D eigenvalue weighted by molar-refractivity contribution is 7.99. The van der Waals surface area contributed by atoms with Crippen LogP contribution in [0.25, 0.3) is 0 Å². The van der Waals surface area contributed by atoms with Gasteiger partial charge in [-0.3, -0.25) is 4.79 Å². The van der Waals surface area contributed by atoms with Gasteiger partial charge in [0.15, 0.2) is 11.4 Å². The van der Waals surface area contributed by atoms with Crippen LogP contribution in [-0.2, 0) is 13.0 Å². The lowest BCUT2D eigenvalue weighted by atomic mass is 10.2. The molecule has 4 nitrogen and oxygen atoms in total. The SMILES string of the molecule is O=Cc1ccccc1Sc1nnc2n1CCCCC2. The topological polar surface area (TPSA) is 47.8 Å². The molecule has 2 heterocycles. The molecule has 1 aromatic carbocycles. The largest absolute Gasteiger partial charge is 0.306 e. The summed E-state index contributed by atoms with van der Waals surface area (Å²) < 4.78 is 2.19. The van der Waals surface area contributed by atoms with E-state index < -0.39 is 0 Å². The summed E-state index contributed by atoms with van der Waals surface area (Å²) >= 11 is 1.53. The Hall–Kier alpha value is -1.62. The maximum Gasteiger partial charge on any atom is 0.196 e. The Balaban J connectivity index is 1.91. The molecule has 0 aliphatic carbocycles. The van der Waals surface area contributed by atoms with Crippen LogP contribution in [0, 0.1) is 0 Å². The van der Waals surface area contributed by atoms with Gasteiger partial charge in [-0.15, -0.1) is 10.2 Å². The maximum atomic E-state index is 11.0. The fraction of sp³-hybridized carbons (Fsp3) is 0.357. The molecule has 19 heavy (non-hydrogen) atoms. The summed E-state index contributed by atoms with van der Waals surface area (Å²) in [5, 5.41) is 9.44. The van der Waals surface area contributed by atoms with Gasteiger partial charge in [-0.25, -0.2) is 0 Å². The molecule has 0 saturated carbocycles. The second kappa shape index (κ2) is 5.57. The Labute approximate surface area is 116 Å². The Morgan fingerprint density at radius 3 is 2.95 bits per heavy atom. The average molecular weight is 273 g/mol.